The Kier molecular flexibility index (Phi) is 3.47. The van der Waals surface area contributed by atoms with Crippen LogP contribution in [0.15, 0.2) is 30.3 Å². The second-order valence-corrected chi connectivity index (χ2v) is 2.71. The van der Waals surface area contributed by atoms with Crippen LogP contribution in [0, 0.1) is 11.3 Å². The zero-order chi connectivity index (χ0) is 11.3. The summed E-state index contributed by atoms with van der Waals surface area (Å²) < 4.78 is 4.40. The van der Waals surface area contributed by atoms with Crippen molar-refractivity contribution in [2.24, 2.45) is 0 Å². The van der Waals surface area contributed by atoms with Crippen molar-refractivity contribution in [3.8, 4) is 11.8 Å². The van der Waals surface area contributed by atoms with Gasteiger partial charge in [0, 0.05) is 11.6 Å². The van der Waals surface area contributed by atoms with Crippen LogP contribution in [0.4, 0.5) is 0 Å². The monoisotopic (exact) mass is 203 g/mol. The van der Waals surface area contributed by atoms with Crippen molar-refractivity contribution < 1.29 is 14.6 Å². The molecule has 0 aliphatic rings. The van der Waals surface area contributed by atoms with Gasteiger partial charge in [-0.3, -0.25) is 0 Å². The number of ether oxygens (including phenoxy) is 1. The maximum absolute atomic E-state index is 10.9. The smallest absolute Gasteiger partial charge is 0.331 e. The molecule has 1 N–H and O–H groups in total. The molecule has 0 heterocycles. The highest BCUT2D eigenvalue weighted by Crippen LogP contribution is 2.23. The highest BCUT2D eigenvalue weighted by atomic mass is 16.5. The van der Waals surface area contributed by atoms with Gasteiger partial charge in [0.1, 0.15) is 11.8 Å². The molecular weight excluding hydrogens is 194 g/mol. The van der Waals surface area contributed by atoms with Gasteiger partial charge in [-0.15, -0.1) is 0 Å². The number of nitrogens with zero attached hydrogens (tertiary/aromatic N) is 1. The van der Waals surface area contributed by atoms with E-state index in [1.54, 1.807) is 18.2 Å². The quantitative estimate of drug-likeness (QED) is 0.449. The third-order valence-electron chi connectivity index (χ3n) is 1.78. The number of benzene rings is 1. The van der Waals surface area contributed by atoms with E-state index >= 15 is 0 Å². The van der Waals surface area contributed by atoms with Gasteiger partial charge in [0.05, 0.1) is 12.7 Å². The lowest BCUT2D eigenvalue weighted by Gasteiger charge is -2.01. The largest absolute Gasteiger partial charge is 0.507 e. The van der Waals surface area contributed by atoms with Gasteiger partial charge in [0.15, 0.2) is 0 Å². The van der Waals surface area contributed by atoms with E-state index in [0.29, 0.717) is 5.56 Å². The Bertz CT molecular complexity index is 443. The molecule has 0 aliphatic carbocycles. The van der Waals surface area contributed by atoms with Crippen molar-refractivity contribution in [3.63, 3.8) is 0 Å². The normalized spacial score (nSPS) is 10.5. The zero-order valence-corrected chi connectivity index (χ0v) is 8.10. The standard InChI is InChI=1S/C11H9NO3/c1-15-11(14)6-8(7-12)9-4-2-3-5-10(9)13/h2-6,13H,1H3. The molecule has 1 aromatic rings. The Balaban J connectivity index is 3.16. The molecule has 0 spiro atoms. The second kappa shape index (κ2) is 4.82. The van der Waals surface area contributed by atoms with Crippen LogP contribution in [0.5, 0.6) is 5.75 Å². The molecule has 0 fully saturated rings. The van der Waals surface area contributed by atoms with Crippen molar-refractivity contribution in [1.29, 1.82) is 5.26 Å². The summed E-state index contributed by atoms with van der Waals surface area (Å²) in [4.78, 5) is 10.9. The number of hydrogen-bond donors (Lipinski definition) is 1. The van der Waals surface area contributed by atoms with Gasteiger partial charge in [-0.2, -0.15) is 5.26 Å². The lowest BCUT2D eigenvalue weighted by Crippen LogP contribution is -1.96. The predicted molar refractivity (Wildman–Crippen MR) is 53.7 cm³/mol. The molecule has 0 unspecified atom stereocenters. The van der Waals surface area contributed by atoms with E-state index in [2.05, 4.69) is 4.74 Å². The summed E-state index contributed by atoms with van der Waals surface area (Å²) in [6.07, 6.45) is 1.04. The molecule has 0 saturated carbocycles. The topological polar surface area (TPSA) is 70.3 Å². The third-order valence-corrected chi connectivity index (χ3v) is 1.78. The molecule has 15 heavy (non-hydrogen) atoms. The molecular formula is C11H9NO3. The summed E-state index contributed by atoms with van der Waals surface area (Å²) in [5.74, 6) is -0.677. The number of methoxy groups -OCH3 is 1. The SMILES string of the molecule is COC(=O)C=C(C#N)c1ccccc1O. The minimum absolute atomic E-state index is 0.0470. The first-order chi connectivity index (χ1) is 7.19. The fourth-order valence-electron chi connectivity index (χ4n) is 1.05. The molecule has 0 amide bonds. The first-order valence-corrected chi connectivity index (χ1v) is 4.17. The van der Waals surface area contributed by atoms with Gasteiger partial charge in [-0.05, 0) is 12.1 Å². The molecule has 4 heteroatoms. The number of nitriles is 1. The Morgan fingerprint density at radius 2 is 2.20 bits per heavy atom. The molecule has 0 bridgehead atoms. The predicted octanol–water partition coefficient (Wildman–Crippen LogP) is 1.47. The molecule has 76 valence electrons. The van der Waals surface area contributed by atoms with Crippen molar-refractivity contribution in [3.05, 3.63) is 35.9 Å². The number of para-hydroxylation sites is 1. The first kappa shape index (κ1) is 10.8. The summed E-state index contributed by atoms with van der Waals surface area (Å²) in [5.41, 5.74) is 0.380. The molecule has 1 rings (SSSR count). The number of carbonyl (C=O) groups is 1. The highest BCUT2D eigenvalue weighted by molar-refractivity contribution is 5.96. The van der Waals surface area contributed by atoms with Crippen molar-refractivity contribution in [2.45, 2.75) is 0 Å². The number of hydrogen-bond acceptors (Lipinski definition) is 4. The zero-order valence-electron chi connectivity index (χ0n) is 8.10. The number of carbonyl (C=O) groups excluding carboxylic acids is 1. The van der Waals surface area contributed by atoms with Crippen LogP contribution in [0.1, 0.15) is 5.56 Å². The van der Waals surface area contributed by atoms with Crippen LogP contribution in [-0.4, -0.2) is 18.2 Å². The number of esters is 1. The fraction of sp³-hybridized carbons (Fsp3) is 0.0909. The van der Waals surface area contributed by atoms with E-state index in [-0.39, 0.29) is 11.3 Å². The van der Waals surface area contributed by atoms with Crippen LogP contribution < -0.4 is 0 Å². The lowest BCUT2D eigenvalue weighted by atomic mass is 10.1. The molecule has 0 aliphatic heterocycles. The average molecular weight is 203 g/mol. The van der Waals surface area contributed by atoms with Gasteiger partial charge in [0.25, 0.3) is 0 Å². The summed E-state index contributed by atoms with van der Waals surface area (Å²) >= 11 is 0. The number of phenolic OH excluding ortho intramolecular Hbond substituents is 1. The third kappa shape index (κ3) is 2.58. The first-order valence-electron chi connectivity index (χ1n) is 4.17. The number of rotatable bonds is 2. The lowest BCUT2D eigenvalue weighted by molar-refractivity contribution is -0.134. The number of aromatic hydroxyl groups is 1. The van der Waals surface area contributed by atoms with E-state index in [4.69, 9.17) is 5.26 Å². The summed E-state index contributed by atoms with van der Waals surface area (Å²) in [6.45, 7) is 0. The van der Waals surface area contributed by atoms with E-state index in [9.17, 15) is 9.90 Å². The average Bonchev–Trinajstić information content (AvgIpc) is 2.26. The Morgan fingerprint density at radius 3 is 2.73 bits per heavy atom. The fourth-order valence-corrected chi connectivity index (χ4v) is 1.05. The second-order valence-electron chi connectivity index (χ2n) is 2.71. The van der Waals surface area contributed by atoms with Crippen molar-refractivity contribution in [2.75, 3.05) is 7.11 Å². The van der Waals surface area contributed by atoms with Gasteiger partial charge in [-0.25, -0.2) is 4.79 Å². The Hall–Kier alpha value is -2.28. The summed E-state index contributed by atoms with van der Waals surface area (Å²) in [6, 6.07) is 8.11. The highest BCUT2D eigenvalue weighted by Gasteiger charge is 2.07. The molecule has 0 aromatic heterocycles. The van der Waals surface area contributed by atoms with Crippen LogP contribution in [0.3, 0.4) is 0 Å². The Labute approximate surface area is 87.0 Å². The molecule has 4 nitrogen and oxygen atoms in total. The van der Waals surface area contributed by atoms with Crippen molar-refractivity contribution in [1.82, 2.24) is 0 Å². The maximum atomic E-state index is 10.9. The minimum Gasteiger partial charge on any atom is -0.507 e. The van der Waals surface area contributed by atoms with Crippen LogP contribution in [0.2, 0.25) is 0 Å². The van der Waals surface area contributed by atoms with Gasteiger partial charge in [-0.1, -0.05) is 12.1 Å². The Morgan fingerprint density at radius 1 is 1.53 bits per heavy atom. The van der Waals surface area contributed by atoms with E-state index in [1.807, 2.05) is 6.07 Å². The van der Waals surface area contributed by atoms with Crippen molar-refractivity contribution >= 4 is 11.5 Å². The molecule has 0 radical (unpaired) electrons. The minimum atomic E-state index is -0.630. The summed E-state index contributed by atoms with van der Waals surface area (Å²) in [5, 5.41) is 18.3. The van der Waals surface area contributed by atoms with E-state index in [0.717, 1.165) is 6.08 Å². The molecule has 0 atom stereocenters. The molecule has 0 saturated heterocycles. The van der Waals surface area contributed by atoms with E-state index < -0.39 is 5.97 Å². The van der Waals surface area contributed by atoms with Gasteiger partial charge in [0.2, 0.25) is 0 Å². The molecule has 1 aromatic carbocycles. The van der Waals surface area contributed by atoms with Gasteiger partial charge >= 0.3 is 5.97 Å². The number of phenols is 1. The van der Waals surface area contributed by atoms with E-state index in [1.165, 1.54) is 13.2 Å². The van der Waals surface area contributed by atoms with Gasteiger partial charge < -0.3 is 9.84 Å². The summed E-state index contributed by atoms with van der Waals surface area (Å²) in [7, 11) is 1.22. The van der Waals surface area contributed by atoms with Crippen LogP contribution in [-0.2, 0) is 9.53 Å². The van der Waals surface area contributed by atoms with Crippen LogP contribution in [0.25, 0.3) is 5.57 Å². The maximum Gasteiger partial charge on any atom is 0.331 e. The van der Waals surface area contributed by atoms with Crippen LogP contribution >= 0.6 is 0 Å². The number of allylic oxidation sites excluding steroid dienone is 1.